The summed E-state index contributed by atoms with van der Waals surface area (Å²) in [6, 6.07) is 23.2. The van der Waals surface area contributed by atoms with Crippen molar-refractivity contribution in [2.75, 3.05) is 18.0 Å². The number of hydrogen-bond donors (Lipinski definition) is 0. The number of benzene rings is 2. The fraction of sp³-hybridized carbons (Fsp3) is 0.154. The number of guanidine groups is 1. The molecule has 4 nitrogen and oxygen atoms in total. The normalized spacial score (nSPS) is 15.9. The molecule has 0 radical (unpaired) electrons. The quantitative estimate of drug-likeness (QED) is 0.574. The zero-order chi connectivity index (χ0) is 20.3. The molecule has 0 N–H and O–H groups in total. The molecule has 5 rings (SSSR count). The Morgan fingerprint density at radius 3 is 2.50 bits per heavy atom. The zero-order valence-corrected chi connectivity index (χ0v) is 16.9. The van der Waals surface area contributed by atoms with Crippen LogP contribution in [0.3, 0.4) is 0 Å². The Balaban J connectivity index is 1.53. The van der Waals surface area contributed by atoms with Gasteiger partial charge in [0.2, 0.25) is 5.96 Å². The van der Waals surface area contributed by atoms with Gasteiger partial charge < -0.3 is 4.90 Å². The number of aromatic nitrogens is 1. The van der Waals surface area contributed by atoms with Crippen molar-refractivity contribution >= 4 is 23.4 Å². The first-order valence-electron chi connectivity index (χ1n) is 10.4. The zero-order valence-electron chi connectivity index (χ0n) is 16.9. The molecule has 4 heteroatoms. The van der Waals surface area contributed by atoms with Crippen LogP contribution in [-0.4, -0.2) is 28.9 Å². The Morgan fingerprint density at radius 2 is 1.70 bits per heavy atom. The summed E-state index contributed by atoms with van der Waals surface area (Å²) in [6.07, 6.45) is 8.09. The van der Waals surface area contributed by atoms with Crippen LogP contribution in [0.5, 0.6) is 0 Å². The number of fused-ring (bicyclic) bond motifs is 1. The summed E-state index contributed by atoms with van der Waals surface area (Å²) in [6.45, 7) is 5.70. The second kappa shape index (κ2) is 7.99. The highest BCUT2D eigenvalue weighted by Crippen LogP contribution is 2.33. The van der Waals surface area contributed by atoms with Crippen LogP contribution in [0.4, 0.5) is 5.69 Å². The van der Waals surface area contributed by atoms with Gasteiger partial charge in [-0.2, -0.15) is 0 Å². The third-order valence-corrected chi connectivity index (χ3v) is 5.58. The molecular weight excluding hydrogens is 368 g/mol. The maximum absolute atomic E-state index is 4.91. The largest absolute Gasteiger partial charge is 0.309 e. The fourth-order valence-electron chi connectivity index (χ4n) is 3.98. The predicted octanol–water partition coefficient (Wildman–Crippen LogP) is 5.66. The highest BCUT2D eigenvalue weighted by molar-refractivity contribution is 6.07. The van der Waals surface area contributed by atoms with Gasteiger partial charge in [-0.25, -0.2) is 0 Å². The molecule has 0 amide bonds. The summed E-state index contributed by atoms with van der Waals surface area (Å²) in [5.74, 6) is 0.987. The molecule has 0 saturated carbocycles. The van der Waals surface area contributed by atoms with Gasteiger partial charge in [-0.3, -0.25) is 14.9 Å². The maximum atomic E-state index is 4.91. The lowest BCUT2D eigenvalue weighted by atomic mass is 10.1. The van der Waals surface area contributed by atoms with E-state index in [4.69, 9.17) is 4.99 Å². The second-order valence-corrected chi connectivity index (χ2v) is 7.52. The van der Waals surface area contributed by atoms with Crippen molar-refractivity contribution in [1.82, 2.24) is 9.88 Å². The van der Waals surface area contributed by atoms with E-state index in [9.17, 15) is 0 Å². The molecular formula is C26H24N4. The Bertz CT molecular complexity index is 1110. The van der Waals surface area contributed by atoms with Crippen LogP contribution < -0.4 is 4.90 Å². The summed E-state index contributed by atoms with van der Waals surface area (Å²) in [4.78, 5) is 14.0. The topological polar surface area (TPSA) is 31.7 Å². The van der Waals surface area contributed by atoms with Crippen LogP contribution in [0.2, 0.25) is 0 Å². The second-order valence-electron chi connectivity index (χ2n) is 7.52. The molecule has 2 aliphatic rings. The predicted molar refractivity (Wildman–Crippen MR) is 125 cm³/mol. The van der Waals surface area contributed by atoms with Crippen LogP contribution in [-0.2, 0) is 0 Å². The molecule has 0 saturated heterocycles. The van der Waals surface area contributed by atoms with Gasteiger partial charge in [-0.05, 0) is 53.8 Å². The lowest BCUT2D eigenvalue weighted by molar-refractivity contribution is 0.564. The van der Waals surface area contributed by atoms with Crippen LogP contribution >= 0.6 is 0 Å². The summed E-state index contributed by atoms with van der Waals surface area (Å²) >= 11 is 0. The summed E-state index contributed by atoms with van der Waals surface area (Å²) in [5, 5.41) is 0. The number of nitrogens with zero attached hydrogens (tertiary/aromatic N) is 4. The first-order chi connectivity index (χ1) is 14.8. The van der Waals surface area contributed by atoms with Crippen molar-refractivity contribution in [1.29, 1.82) is 0 Å². The third kappa shape index (κ3) is 3.41. The standard InChI is InChI=1S/C26H24N4/c1-2-20-14-16-27-24(18-20)25-19-30(26-28-15-6-7-17-29(25)26)23-12-10-22(11-13-23)21-8-4-3-5-9-21/h2-5,8-14,16,18-19H,1,6-7,15,17H2. The smallest absolute Gasteiger partial charge is 0.210 e. The summed E-state index contributed by atoms with van der Waals surface area (Å²) < 4.78 is 0. The van der Waals surface area contributed by atoms with E-state index in [0.717, 1.165) is 54.5 Å². The van der Waals surface area contributed by atoms with Crippen molar-refractivity contribution < 1.29 is 0 Å². The van der Waals surface area contributed by atoms with E-state index in [0.29, 0.717) is 0 Å². The highest BCUT2D eigenvalue weighted by Gasteiger charge is 2.31. The number of anilines is 1. The van der Waals surface area contributed by atoms with Gasteiger partial charge in [-0.1, -0.05) is 55.1 Å². The molecule has 0 spiro atoms. The Morgan fingerprint density at radius 1 is 0.900 bits per heavy atom. The van der Waals surface area contributed by atoms with Gasteiger partial charge in [0.25, 0.3) is 0 Å². The van der Waals surface area contributed by atoms with Gasteiger partial charge in [0.15, 0.2) is 0 Å². The first-order valence-corrected chi connectivity index (χ1v) is 10.4. The Hall–Kier alpha value is -3.66. The number of hydrogen-bond acceptors (Lipinski definition) is 4. The van der Waals surface area contributed by atoms with E-state index in [-0.39, 0.29) is 0 Å². The minimum absolute atomic E-state index is 0.853. The molecule has 0 fully saturated rings. The van der Waals surface area contributed by atoms with Crippen molar-refractivity contribution in [2.24, 2.45) is 4.99 Å². The van der Waals surface area contributed by atoms with Crippen LogP contribution in [0, 0.1) is 0 Å². The van der Waals surface area contributed by atoms with Gasteiger partial charge in [0.05, 0.1) is 11.4 Å². The Labute approximate surface area is 177 Å². The maximum Gasteiger partial charge on any atom is 0.210 e. The molecule has 3 heterocycles. The summed E-state index contributed by atoms with van der Waals surface area (Å²) in [7, 11) is 0. The first kappa shape index (κ1) is 18.4. The molecule has 0 bridgehead atoms. The number of pyridine rings is 1. The lowest BCUT2D eigenvalue weighted by Gasteiger charge is -2.24. The highest BCUT2D eigenvalue weighted by atomic mass is 15.4. The lowest BCUT2D eigenvalue weighted by Crippen LogP contribution is -2.34. The molecule has 1 aromatic heterocycles. The molecule has 2 aromatic carbocycles. The third-order valence-electron chi connectivity index (χ3n) is 5.58. The van der Waals surface area contributed by atoms with E-state index in [1.807, 2.05) is 24.4 Å². The van der Waals surface area contributed by atoms with Crippen LogP contribution in [0.1, 0.15) is 24.1 Å². The Kier molecular flexibility index (Phi) is 4.89. The van der Waals surface area contributed by atoms with Crippen molar-refractivity contribution in [3.63, 3.8) is 0 Å². The van der Waals surface area contributed by atoms with Gasteiger partial charge in [-0.15, -0.1) is 0 Å². The van der Waals surface area contributed by atoms with E-state index in [1.54, 1.807) is 0 Å². The average Bonchev–Trinajstić information content (AvgIpc) is 3.00. The number of rotatable bonds is 4. The minimum atomic E-state index is 0.853. The molecule has 2 aliphatic heterocycles. The molecule has 0 atom stereocenters. The van der Waals surface area contributed by atoms with E-state index in [2.05, 4.69) is 82.2 Å². The molecule has 0 aliphatic carbocycles. The molecule has 0 unspecified atom stereocenters. The van der Waals surface area contributed by atoms with E-state index < -0.39 is 0 Å². The van der Waals surface area contributed by atoms with Gasteiger partial charge in [0, 0.05) is 31.2 Å². The van der Waals surface area contributed by atoms with Crippen molar-refractivity contribution in [3.8, 4) is 11.1 Å². The monoisotopic (exact) mass is 392 g/mol. The fourth-order valence-corrected chi connectivity index (χ4v) is 3.98. The SMILES string of the molecule is C=Cc1ccnc(C2=CN(c3ccc(-c4ccccc4)cc3)C3=NCCCCN23)c1. The minimum Gasteiger partial charge on any atom is -0.309 e. The van der Waals surface area contributed by atoms with Crippen LogP contribution in [0.15, 0.2) is 90.7 Å². The molecule has 3 aromatic rings. The van der Waals surface area contributed by atoms with Gasteiger partial charge >= 0.3 is 0 Å². The summed E-state index contributed by atoms with van der Waals surface area (Å²) in [5.41, 5.74) is 6.65. The van der Waals surface area contributed by atoms with E-state index in [1.165, 1.54) is 11.1 Å². The molecule has 30 heavy (non-hydrogen) atoms. The van der Waals surface area contributed by atoms with Crippen molar-refractivity contribution in [3.05, 3.63) is 97.0 Å². The number of aliphatic imine (C=N–C) groups is 1. The van der Waals surface area contributed by atoms with Crippen molar-refractivity contribution in [2.45, 2.75) is 12.8 Å². The molecule has 148 valence electrons. The van der Waals surface area contributed by atoms with E-state index >= 15 is 0 Å². The average molecular weight is 393 g/mol. The van der Waals surface area contributed by atoms with Crippen LogP contribution in [0.25, 0.3) is 22.9 Å². The van der Waals surface area contributed by atoms with Gasteiger partial charge in [0.1, 0.15) is 0 Å².